The average Bonchev–Trinajstić information content (AvgIpc) is 3.11. The van der Waals surface area contributed by atoms with Gasteiger partial charge in [0.1, 0.15) is 11.5 Å². The van der Waals surface area contributed by atoms with Crippen molar-refractivity contribution in [2.45, 2.75) is 26.7 Å². The number of Topliss-reactive ketones (excluding diaryl/α,β-unsaturated/α-hetero) is 1. The van der Waals surface area contributed by atoms with E-state index < -0.39 is 0 Å². The molecule has 0 radical (unpaired) electrons. The van der Waals surface area contributed by atoms with Gasteiger partial charge in [0, 0.05) is 42.5 Å². The number of hydrogen-bond acceptors (Lipinski definition) is 5. The van der Waals surface area contributed by atoms with E-state index in [0.717, 1.165) is 22.5 Å². The maximum absolute atomic E-state index is 12.3. The summed E-state index contributed by atoms with van der Waals surface area (Å²) in [5.74, 6) is 0.372. The van der Waals surface area contributed by atoms with Crippen molar-refractivity contribution in [1.29, 1.82) is 0 Å². The maximum atomic E-state index is 12.3. The van der Waals surface area contributed by atoms with E-state index in [1.165, 1.54) is 0 Å². The number of amides is 1. The number of hydrogen-bond donors (Lipinski definition) is 0. The predicted octanol–water partition coefficient (Wildman–Crippen LogP) is 4.50. The summed E-state index contributed by atoms with van der Waals surface area (Å²) >= 11 is 6.42. The zero-order chi connectivity index (χ0) is 20.3. The summed E-state index contributed by atoms with van der Waals surface area (Å²) in [6.07, 6.45) is 2.14. The minimum absolute atomic E-state index is 0.00954. The standard InChI is InChI=1S/C21H20ClN3O3/c1-4-21(27)25(3)15-6-7-17(18(22)10-15)14-5-8-19(23-12-14)20(26)11-16-9-13(2)24-28-16/h5-10,12H,4,11H2,1-3H3. The molecule has 0 saturated carbocycles. The van der Waals surface area contributed by atoms with Gasteiger partial charge in [0.15, 0.2) is 5.78 Å². The van der Waals surface area contributed by atoms with Crippen LogP contribution in [-0.4, -0.2) is 28.9 Å². The van der Waals surface area contributed by atoms with Crippen molar-refractivity contribution >= 4 is 29.0 Å². The summed E-state index contributed by atoms with van der Waals surface area (Å²) < 4.78 is 5.08. The molecule has 0 saturated heterocycles. The third-order valence-corrected chi connectivity index (χ3v) is 4.70. The van der Waals surface area contributed by atoms with Crippen molar-refractivity contribution in [2.24, 2.45) is 0 Å². The van der Waals surface area contributed by atoms with Gasteiger partial charge in [-0.25, -0.2) is 0 Å². The largest absolute Gasteiger partial charge is 0.361 e. The zero-order valence-electron chi connectivity index (χ0n) is 15.9. The first-order valence-corrected chi connectivity index (χ1v) is 9.24. The molecule has 2 aromatic heterocycles. The van der Waals surface area contributed by atoms with Gasteiger partial charge in [0.05, 0.1) is 17.1 Å². The molecule has 2 heterocycles. The van der Waals surface area contributed by atoms with Gasteiger partial charge in [-0.2, -0.15) is 0 Å². The Morgan fingerprint density at radius 3 is 2.54 bits per heavy atom. The Morgan fingerprint density at radius 1 is 1.18 bits per heavy atom. The van der Waals surface area contributed by atoms with E-state index >= 15 is 0 Å². The van der Waals surface area contributed by atoms with E-state index in [1.54, 1.807) is 49.3 Å². The number of benzene rings is 1. The predicted molar refractivity (Wildman–Crippen MR) is 108 cm³/mol. The fraction of sp³-hybridized carbons (Fsp3) is 0.238. The number of aromatic nitrogens is 2. The molecule has 0 aliphatic carbocycles. The number of anilines is 1. The summed E-state index contributed by atoms with van der Waals surface area (Å²) in [5, 5.41) is 4.28. The Morgan fingerprint density at radius 2 is 1.96 bits per heavy atom. The summed E-state index contributed by atoms with van der Waals surface area (Å²) in [4.78, 5) is 30.0. The van der Waals surface area contributed by atoms with Crippen LogP contribution in [0.5, 0.6) is 0 Å². The maximum Gasteiger partial charge on any atom is 0.226 e. The van der Waals surface area contributed by atoms with Crippen LogP contribution in [0.4, 0.5) is 5.69 Å². The molecule has 144 valence electrons. The lowest BCUT2D eigenvalue weighted by Crippen LogP contribution is -2.24. The first-order chi connectivity index (χ1) is 13.4. The van der Waals surface area contributed by atoms with Crippen LogP contribution in [0.2, 0.25) is 5.02 Å². The number of pyridine rings is 1. The molecular formula is C21H20ClN3O3. The van der Waals surface area contributed by atoms with Crippen LogP contribution in [0.1, 0.15) is 35.3 Å². The molecular weight excluding hydrogens is 378 g/mol. The fourth-order valence-electron chi connectivity index (χ4n) is 2.79. The zero-order valence-corrected chi connectivity index (χ0v) is 16.7. The van der Waals surface area contributed by atoms with Gasteiger partial charge >= 0.3 is 0 Å². The van der Waals surface area contributed by atoms with E-state index in [2.05, 4.69) is 10.1 Å². The monoisotopic (exact) mass is 397 g/mol. The average molecular weight is 398 g/mol. The van der Waals surface area contributed by atoms with Crippen molar-refractivity contribution in [3.8, 4) is 11.1 Å². The Balaban J connectivity index is 1.77. The second kappa shape index (κ2) is 8.35. The second-order valence-electron chi connectivity index (χ2n) is 6.44. The van der Waals surface area contributed by atoms with Gasteiger partial charge in [-0.1, -0.05) is 35.8 Å². The minimum atomic E-state index is -0.149. The normalized spacial score (nSPS) is 10.7. The number of halogens is 1. The third kappa shape index (κ3) is 4.28. The van der Waals surface area contributed by atoms with E-state index in [-0.39, 0.29) is 18.1 Å². The topological polar surface area (TPSA) is 76.3 Å². The molecule has 0 spiro atoms. The lowest BCUT2D eigenvalue weighted by Gasteiger charge is -2.17. The lowest BCUT2D eigenvalue weighted by molar-refractivity contribution is -0.118. The van der Waals surface area contributed by atoms with Crippen LogP contribution in [-0.2, 0) is 11.2 Å². The van der Waals surface area contributed by atoms with E-state index in [9.17, 15) is 9.59 Å². The lowest BCUT2D eigenvalue weighted by atomic mass is 10.1. The number of aryl methyl sites for hydroxylation is 1. The number of carbonyl (C=O) groups is 2. The highest BCUT2D eigenvalue weighted by atomic mass is 35.5. The first-order valence-electron chi connectivity index (χ1n) is 8.87. The van der Waals surface area contributed by atoms with Gasteiger partial charge in [-0.05, 0) is 25.1 Å². The summed E-state index contributed by atoms with van der Waals surface area (Å²) in [6, 6.07) is 10.6. The molecule has 0 N–H and O–H groups in total. The van der Waals surface area contributed by atoms with Crippen LogP contribution in [0, 0.1) is 6.92 Å². The van der Waals surface area contributed by atoms with Crippen LogP contribution in [0.15, 0.2) is 47.1 Å². The van der Waals surface area contributed by atoms with E-state index in [4.69, 9.17) is 16.1 Å². The van der Waals surface area contributed by atoms with Gasteiger partial charge in [0.25, 0.3) is 0 Å². The molecule has 0 bridgehead atoms. The Hall–Kier alpha value is -2.99. The Bertz CT molecular complexity index is 1010. The van der Waals surface area contributed by atoms with E-state index in [0.29, 0.717) is 22.9 Å². The van der Waals surface area contributed by atoms with Gasteiger partial charge in [-0.15, -0.1) is 0 Å². The highest BCUT2D eigenvalue weighted by Crippen LogP contribution is 2.31. The van der Waals surface area contributed by atoms with Crippen molar-refractivity contribution < 1.29 is 14.1 Å². The van der Waals surface area contributed by atoms with Gasteiger partial charge in [0.2, 0.25) is 5.91 Å². The highest BCUT2D eigenvalue weighted by Gasteiger charge is 2.14. The molecule has 7 heteroatoms. The first kappa shape index (κ1) is 19.8. The van der Waals surface area contributed by atoms with Gasteiger partial charge < -0.3 is 9.42 Å². The summed E-state index contributed by atoms with van der Waals surface area (Å²) in [7, 11) is 1.72. The van der Waals surface area contributed by atoms with Gasteiger partial charge in [-0.3, -0.25) is 14.6 Å². The molecule has 1 aromatic carbocycles. The molecule has 1 amide bonds. The Kier molecular flexibility index (Phi) is 5.90. The molecule has 3 rings (SSSR count). The molecule has 0 aliphatic heterocycles. The van der Waals surface area contributed by atoms with Crippen molar-refractivity contribution in [3.63, 3.8) is 0 Å². The van der Waals surface area contributed by atoms with Crippen molar-refractivity contribution in [3.05, 3.63) is 64.8 Å². The number of nitrogens with zero attached hydrogens (tertiary/aromatic N) is 3. The number of ketones is 1. The molecule has 0 aliphatic rings. The molecule has 0 fully saturated rings. The third-order valence-electron chi connectivity index (χ3n) is 4.39. The Labute approximate surface area is 168 Å². The molecule has 0 atom stereocenters. The minimum Gasteiger partial charge on any atom is -0.361 e. The summed E-state index contributed by atoms with van der Waals surface area (Å²) in [5.41, 5.74) is 3.37. The smallest absolute Gasteiger partial charge is 0.226 e. The number of carbonyl (C=O) groups excluding carboxylic acids is 2. The van der Waals surface area contributed by atoms with Crippen LogP contribution >= 0.6 is 11.6 Å². The molecule has 3 aromatic rings. The molecule has 28 heavy (non-hydrogen) atoms. The van der Waals surface area contributed by atoms with Crippen LogP contribution in [0.3, 0.4) is 0 Å². The summed E-state index contributed by atoms with van der Waals surface area (Å²) in [6.45, 7) is 3.61. The van der Waals surface area contributed by atoms with Crippen LogP contribution < -0.4 is 4.90 Å². The fourth-order valence-corrected chi connectivity index (χ4v) is 3.08. The second-order valence-corrected chi connectivity index (χ2v) is 6.84. The number of rotatable bonds is 6. The molecule has 0 unspecified atom stereocenters. The molecule has 6 nitrogen and oxygen atoms in total. The quantitative estimate of drug-likeness (QED) is 0.572. The highest BCUT2D eigenvalue weighted by molar-refractivity contribution is 6.33. The van der Waals surface area contributed by atoms with Crippen molar-refractivity contribution in [2.75, 3.05) is 11.9 Å². The van der Waals surface area contributed by atoms with Crippen LogP contribution in [0.25, 0.3) is 11.1 Å². The van der Waals surface area contributed by atoms with Crippen molar-refractivity contribution in [1.82, 2.24) is 10.1 Å². The SMILES string of the molecule is CCC(=O)N(C)c1ccc(-c2ccc(C(=O)Cc3cc(C)no3)nc2)c(Cl)c1. The van der Waals surface area contributed by atoms with E-state index in [1.807, 2.05) is 19.1 Å².